The van der Waals surface area contributed by atoms with Gasteiger partial charge >= 0.3 is 0 Å². The molecule has 1 aromatic rings. The van der Waals surface area contributed by atoms with Gasteiger partial charge in [-0.2, -0.15) is 8.78 Å². The summed E-state index contributed by atoms with van der Waals surface area (Å²) in [5.74, 6) is -2.87. The lowest BCUT2D eigenvalue weighted by molar-refractivity contribution is -0.00125. The quantitative estimate of drug-likeness (QED) is 0.842. The first-order chi connectivity index (χ1) is 7.01. The van der Waals surface area contributed by atoms with E-state index in [9.17, 15) is 8.78 Å². The normalized spacial score (nSPS) is 11.8. The Hall–Kier alpha value is -0.670. The van der Waals surface area contributed by atoms with E-state index in [2.05, 4.69) is 5.32 Å². The van der Waals surface area contributed by atoms with Gasteiger partial charge in [-0.15, -0.1) is 0 Å². The van der Waals surface area contributed by atoms with Crippen LogP contribution in [-0.2, 0) is 12.3 Å². The molecule has 0 saturated carbocycles. The van der Waals surface area contributed by atoms with Crippen LogP contribution in [-0.4, -0.2) is 13.6 Å². The van der Waals surface area contributed by atoms with Gasteiger partial charge in [-0.1, -0.05) is 30.7 Å². The zero-order valence-electron chi connectivity index (χ0n) is 8.78. The third-order valence-corrected chi connectivity index (χ3v) is 2.61. The lowest BCUT2D eigenvalue weighted by Gasteiger charge is -2.17. The maximum atomic E-state index is 13.5. The topological polar surface area (TPSA) is 12.0 Å². The number of alkyl halides is 2. The number of aryl methyl sites for hydroxylation is 1. The second-order valence-electron chi connectivity index (χ2n) is 3.39. The number of rotatable bonds is 4. The van der Waals surface area contributed by atoms with E-state index in [1.807, 2.05) is 6.92 Å². The zero-order valence-corrected chi connectivity index (χ0v) is 9.54. The van der Waals surface area contributed by atoms with Crippen molar-refractivity contribution in [1.29, 1.82) is 0 Å². The molecule has 1 nitrogen and oxygen atoms in total. The number of nitrogens with one attached hydrogen (secondary N) is 1. The Labute approximate surface area is 93.4 Å². The highest BCUT2D eigenvalue weighted by atomic mass is 35.5. The van der Waals surface area contributed by atoms with Gasteiger partial charge in [0.25, 0.3) is 5.92 Å². The summed E-state index contributed by atoms with van der Waals surface area (Å²) < 4.78 is 26.9. The van der Waals surface area contributed by atoms with Crippen LogP contribution < -0.4 is 5.32 Å². The molecule has 15 heavy (non-hydrogen) atoms. The highest BCUT2D eigenvalue weighted by Gasteiger charge is 2.30. The number of likely N-dealkylation sites (N-methyl/N-ethyl adjacent to an activating group) is 1. The molecule has 0 fully saturated rings. The molecule has 0 radical (unpaired) electrons. The maximum Gasteiger partial charge on any atom is 0.285 e. The van der Waals surface area contributed by atoms with Crippen LogP contribution >= 0.6 is 11.6 Å². The Kier molecular flexibility index (Phi) is 4.05. The fourth-order valence-electron chi connectivity index (χ4n) is 1.39. The Morgan fingerprint density at radius 1 is 1.40 bits per heavy atom. The maximum absolute atomic E-state index is 13.5. The van der Waals surface area contributed by atoms with Gasteiger partial charge in [-0.05, 0) is 25.1 Å². The van der Waals surface area contributed by atoms with Crippen molar-refractivity contribution in [2.24, 2.45) is 0 Å². The van der Waals surface area contributed by atoms with Crippen molar-refractivity contribution in [3.8, 4) is 0 Å². The van der Waals surface area contributed by atoms with Crippen LogP contribution in [0.5, 0.6) is 0 Å². The molecule has 0 aromatic heterocycles. The van der Waals surface area contributed by atoms with Gasteiger partial charge in [0.15, 0.2) is 0 Å². The molecule has 0 aliphatic rings. The van der Waals surface area contributed by atoms with Gasteiger partial charge in [0.2, 0.25) is 0 Å². The van der Waals surface area contributed by atoms with Crippen LogP contribution in [0.1, 0.15) is 18.1 Å². The number of hydrogen-bond acceptors (Lipinski definition) is 1. The molecular weight excluding hydrogens is 220 g/mol. The molecule has 84 valence electrons. The molecule has 0 amide bonds. The van der Waals surface area contributed by atoms with Crippen molar-refractivity contribution in [2.45, 2.75) is 19.3 Å². The van der Waals surface area contributed by atoms with E-state index >= 15 is 0 Å². The number of halogens is 3. The van der Waals surface area contributed by atoms with Crippen LogP contribution in [0.2, 0.25) is 5.02 Å². The van der Waals surface area contributed by atoms with Crippen molar-refractivity contribution in [3.05, 3.63) is 34.3 Å². The SMILES string of the molecule is CCc1ccc(C(F)(F)CNC)cc1Cl. The average molecular weight is 234 g/mol. The fraction of sp³-hybridized carbons (Fsp3) is 0.455. The summed E-state index contributed by atoms with van der Waals surface area (Å²) in [4.78, 5) is 0. The summed E-state index contributed by atoms with van der Waals surface area (Å²) in [6.07, 6.45) is 0.747. The zero-order chi connectivity index (χ0) is 11.5. The highest BCUT2D eigenvalue weighted by molar-refractivity contribution is 6.31. The first-order valence-electron chi connectivity index (χ1n) is 4.82. The van der Waals surface area contributed by atoms with E-state index in [0.29, 0.717) is 5.02 Å². The molecule has 0 bridgehead atoms. The average Bonchev–Trinajstić information content (AvgIpc) is 2.17. The second-order valence-corrected chi connectivity index (χ2v) is 3.80. The van der Waals surface area contributed by atoms with Crippen molar-refractivity contribution in [3.63, 3.8) is 0 Å². The first-order valence-corrected chi connectivity index (χ1v) is 5.20. The van der Waals surface area contributed by atoms with Gasteiger partial charge < -0.3 is 5.32 Å². The summed E-state index contributed by atoms with van der Waals surface area (Å²) >= 11 is 5.88. The molecule has 0 aliphatic heterocycles. The predicted octanol–water partition coefficient (Wildman–Crippen LogP) is 3.21. The third-order valence-electron chi connectivity index (χ3n) is 2.26. The molecule has 4 heteroatoms. The molecule has 1 N–H and O–H groups in total. The van der Waals surface area contributed by atoms with Crippen molar-refractivity contribution in [2.75, 3.05) is 13.6 Å². The fourth-order valence-corrected chi connectivity index (χ4v) is 1.70. The standard InChI is InChI=1S/C11H14ClF2N/c1-3-8-4-5-9(6-10(8)12)11(13,14)7-15-2/h4-6,15H,3,7H2,1-2H3. The lowest BCUT2D eigenvalue weighted by atomic mass is 10.0. The van der Waals surface area contributed by atoms with Crippen molar-refractivity contribution >= 4 is 11.6 Å². The largest absolute Gasteiger partial charge is 0.314 e. The van der Waals surface area contributed by atoms with Gasteiger partial charge in [-0.3, -0.25) is 0 Å². The third kappa shape index (κ3) is 2.89. The van der Waals surface area contributed by atoms with E-state index in [0.717, 1.165) is 12.0 Å². The number of hydrogen-bond donors (Lipinski definition) is 1. The first kappa shape index (κ1) is 12.4. The molecule has 0 saturated heterocycles. The Bertz CT molecular complexity index is 339. The summed E-state index contributed by atoms with van der Waals surface area (Å²) in [7, 11) is 1.50. The molecule has 0 aliphatic carbocycles. The van der Waals surface area contributed by atoms with E-state index in [1.54, 1.807) is 6.07 Å². The minimum atomic E-state index is -2.87. The predicted molar refractivity (Wildman–Crippen MR) is 58.7 cm³/mol. The van der Waals surface area contributed by atoms with Crippen LogP contribution in [0.15, 0.2) is 18.2 Å². The van der Waals surface area contributed by atoms with Crippen LogP contribution in [0.25, 0.3) is 0 Å². The van der Waals surface area contributed by atoms with Crippen LogP contribution in [0.3, 0.4) is 0 Å². The Morgan fingerprint density at radius 3 is 2.53 bits per heavy atom. The highest BCUT2D eigenvalue weighted by Crippen LogP contribution is 2.30. The molecule has 0 spiro atoms. The van der Waals surface area contributed by atoms with Crippen LogP contribution in [0.4, 0.5) is 8.78 Å². The summed E-state index contributed by atoms with van der Waals surface area (Å²) in [6, 6.07) is 4.43. The van der Waals surface area contributed by atoms with Gasteiger partial charge in [0.05, 0.1) is 6.54 Å². The van der Waals surface area contributed by atoms with Gasteiger partial charge in [0, 0.05) is 10.6 Å². The van der Waals surface area contributed by atoms with Gasteiger partial charge in [-0.25, -0.2) is 0 Å². The summed E-state index contributed by atoms with van der Waals surface area (Å²) in [5, 5.41) is 2.87. The smallest absolute Gasteiger partial charge is 0.285 e. The lowest BCUT2D eigenvalue weighted by Crippen LogP contribution is -2.28. The van der Waals surface area contributed by atoms with Crippen molar-refractivity contribution in [1.82, 2.24) is 5.32 Å². The molecule has 0 atom stereocenters. The minimum absolute atomic E-state index is 0.0425. The van der Waals surface area contributed by atoms with E-state index < -0.39 is 5.92 Å². The molecule has 0 heterocycles. The van der Waals surface area contributed by atoms with Crippen LogP contribution in [0, 0.1) is 0 Å². The van der Waals surface area contributed by atoms with E-state index in [4.69, 9.17) is 11.6 Å². The molecule has 0 unspecified atom stereocenters. The Morgan fingerprint density at radius 2 is 2.07 bits per heavy atom. The van der Waals surface area contributed by atoms with Crippen molar-refractivity contribution < 1.29 is 8.78 Å². The van der Waals surface area contributed by atoms with E-state index in [-0.39, 0.29) is 12.1 Å². The molecule has 1 rings (SSSR count). The molecule has 1 aromatic carbocycles. The van der Waals surface area contributed by atoms with Gasteiger partial charge in [0.1, 0.15) is 0 Å². The molecular formula is C11H14ClF2N. The Balaban J connectivity index is 3.01. The minimum Gasteiger partial charge on any atom is -0.314 e. The second kappa shape index (κ2) is 4.90. The number of benzene rings is 1. The monoisotopic (exact) mass is 233 g/mol. The van der Waals surface area contributed by atoms with E-state index in [1.165, 1.54) is 19.2 Å². The summed E-state index contributed by atoms with van der Waals surface area (Å²) in [6.45, 7) is 1.56. The summed E-state index contributed by atoms with van der Waals surface area (Å²) in [5.41, 5.74) is 0.847.